The average Bonchev–Trinajstić information content (AvgIpc) is 1.87. The lowest BCUT2D eigenvalue weighted by Gasteiger charge is -2.07. The molecule has 10 heavy (non-hydrogen) atoms. The van der Waals surface area contributed by atoms with Crippen LogP contribution >= 0.6 is 0 Å². The van der Waals surface area contributed by atoms with Crippen LogP contribution in [0.5, 0.6) is 0 Å². The molecule has 0 aliphatic carbocycles. The first-order chi connectivity index (χ1) is 4.66. The Balaban J connectivity index is 3.20. The molecule has 0 spiro atoms. The van der Waals surface area contributed by atoms with E-state index in [-0.39, 0.29) is 0 Å². The number of hydroxylamine groups is 1. The largest absolute Gasteiger partial charge is 0.276 e. The molecule has 0 aromatic rings. The molecule has 0 aliphatic heterocycles. The van der Waals surface area contributed by atoms with Crippen molar-refractivity contribution in [3.63, 3.8) is 0 Å². The molecule has 0 aromatic carbocycles. The van der Waals surface area contributed by atoms with E-state index in [1.165, 1.54) is 0 Å². The molecule has 0 radical (unpaired) electrons. The zero-order valence-corrected chi connectivity index (χ0v) is 7.27. The monoisotopic (exact) mass is 143 g/mol. The van der Waals surface area contributed by atoms with Crippen LogP contribution in [0.25, 0.3) is 0 Å². The van der Waals surface area contributed by atoms with Gasteiger partial charge >= 0.3 is 0 Å². The summed E-state index contributed by atoms with van der Waals surface area (Å²) < 4.78 is 0. The minimum atomic E-state index is 0.581. The van der Waals surface area contributed by atoms with Gasteiger partial charge in [-0.15, -0.1) is 0 Å². The highest BCUT2D eigenvalue weighted by Gasteiger charge is 1.91. The maximum absolute atomic E-state index is 5.13. The maximum Gasteiger partial charge on any atom is 0.0768 e. The van der Waals surface area contributed by atoms with Crippen LogP contribution in [0.4, 0.5) is 0 Å². The number of rotatable bonds is 4. The smallest absolute Gasteiger partial charge is 0.0768 e. The number of allylic oxidation sites excluding steroid dienone is 2. The van der Waals surface area contributed by atoms with Gasteiger partial charge in [0.05, 0.1) is 6.61 Å². The summed E-state index contributed by atoms with van der Waals surface area (Å²) in [6.07, 6.45) is 1.97. The molecule has 60 valence electrons. The fourth-order valence-electron chi connectivity index (χ4n) is 0.381. The van der Waals surface area contributed by atoms with E-state index in [1.54, 1.807) is 0 Å². The lowest BCUT2D eigenvalue weighted by atomic mass is 10.2. The molecule has 0 saturated carbocycles. The first kappa shape index (κ1) is 9.50. The molecular formula is C8H17NO. The van der Waals surface area contributed by atoms with Crippen LogP contribution in [0.1, 0.15) is 27.7 Å². The molecule has 0 bridgehead atoms. The van der Waals surface area contributed by atoms with Gasteiger partial charge in [0, 0.05) is 5.70 Å². The van der Waals surface area contributed by atoms with Gasteiger partial charge in [0.1, 0.15) is 0 Å². The van der Waals surface area contributed by atoms with Crippen molar-refractivity contribution in [2.45, 2.75) is 27.7 Å². The van der Waals surface area contributed by atoms with E-state index in [0.29, 0.717) is 5.92 Å². The standard InChI is InChI=1S/C8H17NO/c1-5-8(4)9-10-6-7(2)3/h5,7,9H,6H2,1-4H3/b8-5+. The average molecular weight is 143 g/mol. The molecule has 0 fully saturated rings. The minimum Gasteiger partial charge on any atom is -0.276 e. The first-order valence-electron chi connectivity index (χ1n) is 3.67. The lowest BCUT2D eigenvalue weighted by molar-refractivity contribution is 0.0437. The van der Waals surface area contributed by atoms with Gasteiger partial charge in [-0.25, -0.2) is 0 Å². The van der Waals surface area contributed by atoms with Crippen molar-refractivity contribution in [1.82, 2.24) is 5.48 Å². The van der Waals surface area contributed by atoms with Crippen LogP contribution in [0, 0.1) is 5.92 Å². The lowest BCUT2D eigenvalue weighted by Crippen LogP contribution is -2.15. The Morgan fingerprint density at radius 3 is 2.60 bits per heavy atom. The van der Waals surface area contributed by atoms with Crippen molar-refractivity contribution in [3.8, 4) is 0 Å². The molecule has 0 aromatic heterocycles. The third-order valence-electron chi connectivity index (χ3n) is 1.08. The zero-order chi connectivity index (χ0) is 7.98. The van der Waals surface area contributed by atoms with E-state index in [0.717, 1.165) is 12.3 Å². The summed E-state index contributed by atoms with van der Waals surface area (Å²) in [5.41, 5.74) is 3.88. The van der Waals surface area contributed by atoms with E-state index < -0.39 is 0 Å². The van der Waals surface area contributed by atoms with Crippen molar-refractivity contribution in [2.24, 2.45) is 5.92 Å². The van der Waals surface area contributed by atoms with Gasteiger partial charge in [0.25, 0.3) is 0 Å². The quantitative estimate of drug-likeness (QED) is 0.608. The summed E-state index contributed by atoms with van der Waals surface area (Å²) in [6.45, 7) is 8.94. The van der Waals surface area contributed by atoms with Crippen molar-refractivity contribution in [3.05, 3.63) is 11.8 Å². The summed E-state index contributed by atoms with van der Waals surface area (Å²) in [7, 11) is 0. The highest BCUT2D eigenvalue weighted by molar-refractivity contribution is 4.88. The van der Waals surface area contributed by atoms with Crippen LogP contribution in [-0.2, 0) is 4.84 Å². The van der Waals surface area contributed by atoms with Crippen molar-refractivity contribution in [2.75, 3.05) is 6.61 Å². The third-order valence-corrected chi connectivity index (χ3v) is 1.08. The SMILES string of the molecule is C/C=C(\C)NOCC(C)C. The molecule has 0 amide bonds. The number of nitrogens with one attached hydrogen (secondary N) is 1. The van der Waals surface area contributed by atoms with Gasteiger partial charge in [-0.1, -0.05) is 19.9 Å². The topological polar surface area (TPSA) is 21.3 Å². The predicted octanol–water partition coefficient (Wildman–Crippen LogP) is 2.09. The zero-order valence-electron chi connectivity index (χ0n) is 7.27. The Labute approximate surface area is 63.2 Å². The van der Waals surface area contributed by atoms with Crippen molar-refractivity contribution >= 4 is 0 Å². The van der Waals surface area contributed by atoms with Crippen molar-refractivity contribution in [1.29, 1.82) is 0 Å². The van der Waals surface area contributed by atoms with Crippen LogP contribution in [-0.4, -0.2) is 6.61 Å². The van der Waals surface area contributed by atoms with Crippen LogP contribution in [0.15, 0.2) is 11.8 Å². The highest BCUT2D eigenvalue weighted by atomic mass is 16.6. The second-order valence-corrected chi connectivity index (χ2v) is 2.78. The molecule has 1 N–H and O–H groups in total. The highest BCUT2D eigenvalue weighted by Crippen LogP contribution is 1.91. The van der Waals surface area contributed by atoms with Gasteiger partial charge in [-0.3, -0.25) is 10.3 Å². The molecule has 2 nitrogen and oxygen atoms in total. The Hall–Kier alpha value is -0.500. The number of hydrogen-bond acceptors (Lipinski definition) is 2. The molecule has 0 aliphatic rings. The van der Waals surface area contributed by atoms with E-state index >= 15 is 0 Å². The summed E-state index contributed by atoms with van der Waals surface area (Å²) >= 11 is 0. The Bertz CT molecular complexity index is 108. The third kappa shape index (κ3) is 5.63. The van der Waals surface area contributed by atoms with Crippen LogP contribution < -0.4 is 5.48 Å². The normalized spacial score (nSPS) is 12.3. The molecule has 2 heteroatoms. The molecule has 0 rings (SSSR count). The fourth-order valence-corrected chi connectivity index (χ4v) is 0.381. The second-order valence-electron chi connectivity index (χ2n) is 2.78. The first-order valence-corrected chi connectivity index (χ1v) is 3.67. The Kier molecular flexibility index (Phi) is 5.03. The molecule has 0 heterocycles. The summed E-state index contributed by atoms with van der Waals surface area (Å²) in [6, 6.07) is 0. The van der Waals surface area contributed by atoms with Crippen molar-refractivity contribution < 1.29 is 4.84 Å². The van der Waals surface area contributed by atoms with Gasteiger partial charge in [-0.2, -0.15) is 0 Å². The molecule has 0 atom stereocenters. The molecular weight excluding hydrogens is 126 g/mol. The van der Waals surface area contributed by atoms with Crippen LogP contribution in [0.2, 0.25) is 0 Å². The van der Waals surface area contributed by atoms with E-state index in [2.05, 4.69) is 19.3 Å². The Morgan fingerprint density at radius 2 is 2.20 bits per heavy atom. The number of hydrogen-bond donors (Lipinski definition) is 1. The van der Waals surface area contributed by atoms with E-state index in [1.807, 2.05) is 19.9 Å². The van der Waals surface area contributed by atoms with Gasteiger partial charge < -0.3 is 0 Å². The second kappa shape index (κ2) is 5.30. The van der Waals surface area contributed by atoms with Gasteiger partial charge in [0.2, 0.25) is 0 Å². The summed E-state index contributed by atoms with van der Waals surface area (Å²) in [5, 5.41) is 0. The van der Waals surface area contributed by atoms with Gasteiger partial charge in [-0.05, 0) is 19.8 Å². The molecule has 0 unspecified atom stereocenters. The Morgan fingerprint density at radius 1 is 1.60 bits per heavy atom. The fraction of sp³-hybridized carbons (Fsp3) is 0.750. The summed E-state index contributed by atoms with van der Waals surface area (Å²) in [5.74, 6) is 0.581. The predicted molar refractivity (Wildman–Crippen MR) is 43.4 cm³/mol. The van der Waals surface area contributed by atoms with Gasteiger partial charge in [0.15, 0.2) is 0 Å². The summed E-state index contributed by atoms with van der Waals surface area (Å²) in [4.78, 5) is 5.13. The molecule has 0 saturated heterocycles. The van der Waals surface area contributed by atoms with Crippen LogP contribution in [0.3, 0.4) is 0 Å². The minimum absolute atomic E-state index is 0.581. The maximum atomic E-state index is 5.13. The van der Waals surface area contributed by atoms with E-state index in [9.17, 15) is 0 Å². The van der Waals surface area contributed by atoms with E-state index in [4.69, 9.17) is 4.84 Å².